The van der Waals surface area contributed by atoms with E-state index >= 15 is 0 Å². The van der Waals surface area contributed by atoms with Crippen molar-refractivity contribution in [2.45, 2.75) is 65.5 Å². The minimum Gasteiger partial charge on any atom is -0.491 e. The van der Waals surface area contributed by atoms with E-state index in [0.717, 1.165) is 11.3 Å². The summed E-state index contributed by atoms with van der Waals surface area (Å²) in [5, 5.41) is 9.07. The molecular formula is C27H35NO5. The molecule has 2 atom stereocenters. The molecule has 0 unspecified atom stereocenters. The first-order chi connectivity index (χ1) is 15.6. The number of carbonyl (C=O) groups excluding carboxylic acids is 1. The van der Waals surface area contributed by atoms with E-state index in [2.05, 4.69) is 39.0 Å². The van der Waals surface area contributed by atoms with Crippen LogP contribution in [0.1, 0.15) is 67.9 Å². The minimum atomic E-state index is -0.972. The third kappa shape index (κ3) is 6.50. The second-order valence-electron chi connectivity index (χ2n) is 9.61. The van der Waals surface area contributed by atoms with Gasteiger partial charge >= 0.3 is 5.97 Å². The summed E-state index contributed by atoms with van der Waals surface area (Å²) in [4.78, 5) is 25.9. The maximum Gasteiger partial charge on any atom is 0.335 e. The van der Waals surface area contributed by atoms with E-state index in [4.69, 9.17) is 14.6 Å². The van der Waals surface area contributed by atoms with Gasteiger partial charge in [-0.05, 0) is 60.2 Å². The van der Waals surface area contributed by atoms with Gasteiger partial charge in [0.15, 0.2) is 0 Å². The van der Waals surface area contributed by atoms with Crippen LogP contribution in [0.15, 0.2) is 42.5 Å². The molecule has 0 spiro atoms. The van der Waals surface area contributed by atoms with Crippen LogP contribution in [0.4, 0.5) is 0 Å². The van der Waals surface area contributed by atoms with Crippen molar-refractivity contribution in [1.29, 1.82) is 0 Å². The largest absolute Gasteiger partial charge is 0.491 e. The molecule has 6 heteroatoms. The molecule has 1 fully saturated rings. The maximum absolute atomic E-state index is 13.0. The molecule has 1 heterocycles. The lowest BCUT2D eigenvalue weighted by atomic mass is 10.0. The molecule has 6 nitrogen and oxygen atoms in total. The number of nitrogens with zero attached hydrogens (tertiary/aromatic N) is 1. The van der Waals surface area contributed by atoms with Crippen LogP contribution in [-0.2, 0) is 4.79 Å². The topological polar surface area (TPSA) is 76.1 Å². The average Bonchev–Trinajstić information content (AvgIpc) is 3.14. The number of ether oxygens (including phenoxy) is 2. The highest BCUT2D eigenvalue weighted by atomic mass is 16.5. The fourth-order valence-electron chi connectivity index (χ4n) is 4.18. The summed E-state index contributed by atoms with van der Waals surface area (Å²) in [6.07, 6.45) is 1.06. The van der Waals surface area contributed by atoms with Crippen molar-refractivity contribution in [2.24, 2.45) is 5.92 Å². The number of amides is 1. The van der Waals surface area contributed by atoms with Gasteiger partial charge in [0, 0.05) is 12.8 Å². The van der Waals surface area contributed by atoms with Gasteiger partial charge in [-0.25, -0.2) is 4.79 Å². The molecule has 33 heavy (non-hydrogen) atoms. The van der Waals surface area contributed by atoms with E-state index in [1.807, 2.05) is 18.7 Å². The molecule has 178 valence electrons. The highest BCUT2D eigenvalue weighted by Crippen LogP contribution is 2.31. The quantitative estimate of drug-likeness (QED) is 0.558. The zero-order valence-electron chi connectivity index (χ0n) is 20.2. The van der Waals surface area contributed by atoms with Crippen LogP contribution in [0.3, 0.4) is 0 Å². The first-order valence-corrected chi connectivity index (χ1v) is 11.7. The minimum absolute atomic E-state index is 0.104. The fraction of sp³-hybridized carbons (Fsp3) is 0.481. The number of carbonyl (C=O) groups is 2. The van der Waals surface area contributed by atoms with Crippen molar-refractivity contribution in [3.8, 4) is 11.5 Å². The normalized spacial score (nSPS) is 18.1. The molecule has 1 aliphatic rings. The molecule has 2 aromatic carbocycles. The van der Waals surface area contributed by atoms with Crippen molar-refractivity contribution in [2.75, 3.05) is 13.2 Å². The van der Waals surface area contributed by atoms with Gasteiger partial charge < -0.3 is 19.5 Å². The van der Waals surface area contributed by atoms with Crippen molar-refractivity contribution in [3.05, 3.63) is 59.2 Å². The first-order valence-electron chi connectivity index (χ1n) is 11.7. The summed E-state index contributed by atoms with van der Waals surface area (Å²) in [5.74, 6) is 1.22. The van der Waals surface area contributed by atoms with E-state index < -0.39 is 5.97 Å². The van der Waals surface area contributed by atoms with Crippen molar-refractivity contribution in [1.82, 2.24) is 4.90 Å². The molecule has 0 bridgehead atoms. The number of aryl methyl sites for hydroxylation is 1. The van der Waals surface area contributed by atoms with E-state index in [9.17, 15) is 9.59 Å². The Balaban J connectivity index is 1.73. The van der Waals surface area contributed by atoms with Crippen LogP contribution >= 0.6 is 0 Å². The predicted molar refractivity (Wildman–Crippen MR) is 128 cm³/mol. The van der Waals surface area contributed by atoms with Crippen LogP contribution < -0.4 is 9.47 Å². The zero-order valence-corrected chi connectivity index (χ0v) is 20.2. The Morgan fingerprint density at radius 2 is 1.79 bits per heavy atom. The van der Waals surface area contributed by atoms with E-state index in [1.165, 1.54) is 17.7 Å². The SMILES string of the molecule is Cc1ccc(C(C)C)c(O[C@H]2C[C@@H](COc3ccc(C(=O)O)cc3)N(C(=O)CC(C)C)C2)c1. The summed E-state index contributed by atoms with van der Waals surface area (Å²) in [6, 6.07) is 12.5. The monoisotopic (exact) mass is 453 g/mol. The van der Waals surface area contributed by atoms with Gasteiger partial charge in [-0.1, -0.05) is 39.8 Å². The highest BCUT2D eigenvalue weighted by Gasteiger charge is 2.37. The van der Waals surface area contributed by atoms with Gasteiger partial charge in [-0.3, -0.25) is 4.79 Å². The van der Waals surface area contributed by atoms with Crippen molar-refractivity contribution < 1.29 is 24.2 Å². The predicted octanol–water partition coefficient (Wildman–Crippen LogP) is 5.29. The molecule has 1 N–H and O–H groups in total. The molecule has 0 aromatic heterocycles. The second kappa shape index (κ2) is 10.7. The number of rotatable bonds is 9. The van der Waals surface area contributed by atoms with E-state index in [-0.39, 0.29) is 29.5 Å². The van der Waals surface area contributed by atoms with Gasteiger partial charge in [-0.15, -0.1) is 0 Å². The van der Waals surface area contributed by atoms with Crippen molar-refractivity contribution in [3.63, 3.8) is 0 Å². The molecule has 1 amide bonds. The van der Waals surface area contributed by atoms with Gasteiger partial charge in [-0.2, -0.15) is 0 Å². The second-order valence-corrected chi connectivity index (χ2v) is 9.61. The Morgan fingerprint density at radius 1 is 1.09 bits per heavy atom. The highest BCUT2D eigenvalue weighted by molar-refractivity contribution is 5.87. The Kier molecular flexibility index (Phi) is 8.01. The Morgan fingerprint density at radius 3 is 2.39 bits per heavy atom. The van der Waals surface area contributed by atoms with E-state index in [0.29, 0.717) is 37.7 Å². The molecule has 0 saturated carbocycles. The van der Waals surface area contributed by atoms with Gasteiger partial charge in [0.25, 0.3) is 0 Å². The molecule has 3 rings (SSSR count). The molecular weight excluding hydrogens is 418 g/mol. The number of hydrogen-bond acceptors (Lipinski definition) is 4. The Hall–Kier alpha value is -3.02. The van der Waals surface area contributed by atoms with Crippen molar-refractivity contribution >= 4 is 11.9 Å². The fourth-order valence-corrected chi connectivity index (χ4v) is 4.18. The van der Waals surface area contributed by atoms with Crippen LogP contribution in [0.5, 0.6) is 11.5 Å². The first kappa shape index (κ1) is 24.6. The third-order valence-electron chi connectivity index (χ3n) is 5.91. The van der Waals surface area contributed by atoms with Crippen LogP contribution in [-0.4, -0.2) is 47.2 Å². The number of carboxylic acid groups (broad SMARTS) is 1. The number of aromatic carboxylic acids is 1. The molecule has 1 aliphatic heterocycles. The average molecular weight is 454 g/mol. The van der Waals surface area contributed by atoms with Crippen LogP contribution in [0.2, 0.25) is 0 Å². The van der Waals surface area contributed by atoms with Crippen LogP contribution in [0, 0.1) is 12.8 Å². The summed E-state index contributed by atoms with van der Waals surface area (Å²) in [7, 11) is 0. The smallest absolute Gasteiger partial charge is 0.335 e. The third-order valence-corrected chi connectivity index (χ3v) is 5.91. The number of hydrogen-bond donors (Lipinski definition) is 1. The lowest BCUT2D eigenvalue weighted by molar-refractivity contribution is -0.133. The van der Waals surface area contributed by atoms with Gasteiger partial charge in [0.2, 0.25) is 5.91 Å². The summed E-state index contributed by atoms with van der Waals surface area (Å²) >= 11 is 0. The Labute approximate surface area is 196 Å². The summed E-state index contributed by atoms with van der Waals surface area (Å²) in [5.41, 5.74) is 2.52. The lowest BCUT2D eigenvalue weighted by Crippen LogP contribution is -2.39. The summed E-state index contributed by atoms with van der Waals surface area (Å²) < 4.78 is 12.4. The molecule has 0 radical (unpaired) electrons. The van der Waals surface area contributed by atoms with Crippen LogP contribution in [0.25, 0.3) is 0 Å². The number of carboxylic acids is 1. The Bertz CT molecular complexity index is 967. The van der Waals surface area contributed by atoms with Gasteiger partial charge in [0.1, 0.15) is 24.2 Å². The zero-order chi connectivity index (χ0) is 24.1. The summed E-state index contributed by atoms with van der Waals surface area (Å²) in [6.45, 7) is 11.3. The molecule has 1 saturated heterocycles. The number of benzene rings is 2. The molecule has 0 aliphatic carbocycles. The van der Waals surface area contributed by atoms with E-state index in [1.54, 1.807) is 12.1 Å². The maximum atomic E-state index is 13.0. The number of likely N-dealkylation sites (tertiary alicyclic amines) is 1. The lowest BCUT2D eigenvalue weighted by Gasteiger charge is -2.25. The standard InChI is InChI=1S/C27H35NO5/c1-17(2)12-26(29)28-15-23(33-25-13-19(5)6-11-24(25)18(3)4)14-21(28)16-32-22-9-7-20(8-10-22)27(30)31/h6-11,13,17-18,21,23H,12,14-16H2,1-5H3,(H,30,31)/t21-,23-/m0/s1. The molecule has 2 aromatic rings. The van der Waals surface area contributed by atoms with Gasteiger partial charge in [0.05, 0.1) is 18.2 Å².